The third kappa shape index (κ3) is 4.66. The van der Waals surface area contributed by atoms with E-state index in [1.165, 1.54) is 6.92 Å². The summed E-state index contributed by atoms with van der Waals surface area (Å²) in [6.45, 7) is 3.60. The Morgan fingerprint density at radius 3 is 2.62 bits per heavy atom. The smallest absolute Gasteiger partial charge is 0.171 e. The molecule has 2 aromatic rings. The molecule has 152 valence electrons. The summed E-state index contributed by atoms with van der Waals surface area (Å²) >= 11 is 17.4. The molecule has 2 aromatic carbocycles. The van der Waals surface area contributed by atoms with Crippen molar-refractivity contribution in [2.75, 3.05) is 7.11 Å². The second-order valence-corrected chi connectivity index (χ2v) is 7.76. The van der Waals surface area contributed by atoms with Crippen LogP contribution in [0.1, 0.15) is 31.0 Å². The Balaban J connectivity index is 2.01. The fourth-order valence-corrected chi connectivity index (χ4v) is 3.85. The van der Waals surface area contributed by atoms with Gasteiger partial charge in [-0.15, -0.1) is 0 Å². The maximum atomic E-state index is 12.3. The van der Waals surface area contributed by atoms with Crippen LogP contribution in [-0.2, 0) is 11.4 Å². The molecule has 2 N–H and O–H groups in total. The van der Waals surface area contributed by atoms with Gasteiger partial charge < -0.3 is 20.1 Å². The Kier molecular flexibility index (Phi) is 6.67. The van der Waals surface area contributed by atoms with Gasteiger partial charge in [0.1, 0.15) is 6.61 Å². The van der Waals surface area contributed by atoms with Gasteiger partial charge in [0.05, 0.1) is 23.2 Å². The molecular formula is C21H20Cl2N2O3S. The summed E-state index contributed by atoms with van der Waals surface area (Å²) in [5, 5.41) is 7.55. The number of Topliss-reactive ketones (excluding diaryl/α,β-unsaturated/α-hetero) is 1. The molecule has 0 amide bonds. The first-order valence-corrected chi connectivity index (χ1v) is 10.0. The maximum absolute atomic E-state index is 12.3. The zero-order valence-corrected chi connectivity index (χ0v) is 18.5. The molecule has 0 saturated carbocycles. The zero-order valence-electron chi connectivity index (χ0n) is 16.1. The minimum atomic E-state index is -0.458. The molecule has 1 unspecified atom stereocenters. The van der Waals surface area contributed by atoms with E-state index in [9.17, 15) is 4.79 Å². The number of carbonyl (C=O) groups excluding carboxylic acids is 1. The molecule has 1 heterocycles. The van der Waals surface area contributed by atoms with E-state index in [-0.39, 0.29) is 12.4 Å². The molecule has 1 aliphatic rings. The number of benzene rings is 2. The van der Waals surface area contributed by atoms with Crippen molar-refractivity contribution in [3.8, 4) is 11.5 Å². The number of thiocarbonyl (C=S) groups is 1. The average molecular weight is 451 g/mol. The molecule has 1 aliphatic heterocycles. The van der Waals surface area contributed by atoms with Gasteiger partial charge in [-0.05, 0) is 49.8 Å². The van der Waals surface area contributed by atoms with Crippen LogP contribution in [0.2, 0.25) is 10.0 Å². The Bertz CT molecular complexity index is 1010. The lowest BCUT2D eigenvalue weighted by Gasteiger charge is -2.31. The average Bonchev–Trinajstić information content (AvgIpc) is 2.67. The number of ketones is 1. The SMILES string of the molecule is COc1cccc(C2NC(=S)NC(C)=C2C(C)=O)c1OCc1ccc(Cl)c(Cl)c1. The van der Waals surface area contributed by atoms with E-state index in [1.807, 2.05) is 25.1 Å². The molecule has 8 heteroatoms. The van der Waals surface area contributed by atoms with Crippen molar-refractivity contribution in [2.45, 2.75) is 26.5 Å². The summed E-state index contributed by atoms with van der Waals surface area (Å²) in [4.78, 5) is 12.3. The molecule has 0 bridgehead atoms. The van der Waals surface area contributed by atoms with E-state index in [0.717, 1.165) is 11.1 Å². The van der Waals surface area contributed by atoms with Crippen LogP contribution in [0.5, 0.6) is 11.5 Å². The van der Waals surface area contributed by atoms with Crippen LogP contribution in [-0.4, -0.2) is 18.0 Å². The van der Waals surface area contributed by atoms with Gasteiger partial charge in [0, 0.05) is 16.8 Å². The maximum Gasteiger partial charge on any atom is 0.171 e. The Morgan fingerprint density at radius 1 is 1.21 bits per heavy atom. The van der Waals surface area contributed by atoms with Crippen LogP contribution < -0.4 is 20.1 Å². The highest BCUT2D eigenvalue weighted by Crippen LogP contribution is 2.39. The van der Waals surface area contributed by atoms with Gasteiger partial charge in [-0.1, -0.05) is 41.4 Å². The summed E-state index contributed by atoms with van der Waals surface area (Å²) in [6.07, 6.45) is 0. The lowest BCUT2D eigenvalue weighted by atomic mass is 9.92. The molecule has 3 rings (SSSR count). The first-order chi connectivity index (χ1) is 13.8. The normalized spacial score (nSPS) is 16.2. The monoisotopic (exact) mass is 450 g/mol. The molecule has 0 fully saturated rings. The largest absolute Gasteiger partial charge is 0.493 e. The number of ether oxygens (including phenoxy) is 2. The third-order valence-corrected chi connectivity index (χ3v) is 5.51. The highest BCUT2D eigenvalue weighted by Gasteiger charge is 2.31. The Labute approximate surface area is 185 Å². The second-order valence-electron chi connectivity index (χ2n) is 6.54. The van der Waals surface area contributed by atoms with Crippen LogP contribution in [0.4, 0.5) is 0 Å². The van der Waals surface area contributed by atoms with Crippen molar-refractivity contribution < 1.29 is 14.3 Å². The number of allylic oxidation sites excluding steroid dienone is 1. The molecule has 5 nitrogen and oxygen atoms in total. The van der Waals surface area contributed by atoms with E-state index in [2.05, 4.69) is 10.6 Å². The van der Waals surface area contributed by atoms with Gasteiger partial charge in [0.15, 0.2) is 22.4 Å². The number of hydrogen-bond donors (Lipinski definition) is 2. The number of nitrogens with one attached hydrogen (secondary N) is 2. The Hall–Kier alpha value is -2.28. The second kappa shape index (κ2) is 9.03. The van der Waals surface area contributed by atoms with Crippen molar-refractivity contribution in [2.24, 2.45) is 0 Å². The molecule has 29 heavy (non-hydrogen) atoms. The quantitative estimate of drug-likeness (QED) is 0.606. The highest BCUT2D eigenvalue weighted by atomic mass is 35.5. The van der Waals surface area contributed by atoms with Crippen LogP contribution in [0.15, 0.2) is 47.7 Å². The molecule has 1 atom stereocenters. The lowest BCUT2D eigenvalue weighted by molar-refractivity contribution is -0.114. The van der Waals surface area contributed by atoms with Crippen LogP contribution in [0, 0.1) is 0 Å². The van der Waals surface area contributed by atoms with Crippen molar-refractivity contribution in [3.63, 3.8) is 0 Å². The molecule has 0 spiro atoms. The van der Waals surface area contributed by atoms with Gasteiger partial charge in [0.25, 0.3) is 0 Å². The molecule has 0 aromatic heterocycles. The van der Waals surface area contributed by atoms with Gasteiger partial charge in [0.2, 0.25) is 0 Å². The van der Waals surface area contributed by atoms with Crippen LogP contribution in [0.3, 0.4) is 0 Å². The fourth-order valence-electron chi connectivity index (χ4n) is 3.25. The minimum Gasteiger partial charge on any atom is -0.493 e. The number of halogens is 2. The highest BCUT2D eigenvalue weighted by molar-refractivity contribution is 7.80. The van der Waals surface area contributed by atoms with Gasteiger partial charge in [-0.25, -0.2) is 0 Å². The van der Waals surface area contributed by atoms with Crippen LogP contribution in [0.25, 0.3) is 0 Å². The molecule has 0 radical (unpaired) electrons. The summed E-state index contributed by atoms with van der Waals surface area (Å²) in [5.74, 6) is 1.01. The van der Waals surface area contributed by atoms with Gasteiger partial charge in [-0.3, -0.25) is 4.79 Å². The molecule has 0 saturated heterocycles. The number of methoxy groups -OCH3 is 1. The van der Waals surface area contributed by atoms with Crippen LogP contribution >= 0.6 is 35.4 Å². The predicted octanol–water partition coefficient (Wildman–Crippen LogP) is 4.96. The number of hydrogen-bond acceptors (Lipinski definition) is 4. The van der Waals surface area contributed by atoms with E-state index in [4.69, 9.17) is 44.9 Å². The molecule has 0 aliphatic carbocycles. The summed E-state index contributed by atoms with van der Waals surface area (Å²) < 4.78 is 11.6. The summed E-state index contributed by atoms with van der Waals surface area (Å²) in [7, 11) is 1.57. The van der Waals surface area contributed by atoms with Crippen molar-refractivity contribution >= 4 is 46.3 Å². The van der Waals surface area contributed by atoms with Crippen molar-refractivity contribution in [1.82, 2.24) is 10.6 Å². The first kappa shape index (κ1) is 21.4. The van der Waals surface area contributed by atoms with Crippen molar-refractivity contribution in [1.29, 1.82) is 0 Å². The topological polar surface area (TPSA) is 59.6 Å². The fraction of sp³-hybridized carbons (Fsp3) is 0.238. The first-order valence-electron chi connectivity index (χ1n) is 8.84. The van der Waals surface area contributed by atoms with E-state index >= 15 is 0 Å². The number of rotatable bonds is 6. The van der Waals surface area contributed by atoms with E-state index < -0.39 is 6.04 Å². The summed E-state index contributed by atoms with van der Waals surface area (Å²) in [6, 6.07) is 10.4. The Morgan fingerprint density at radius 2 is 1.97 bits per heavy atom. The number of carbonyl (C=O) groups is 1. The minimum absolute atomic E-state index is 0.0618. The summed E-state index contributed by atoms with van der Waals surface area (Å²) in [5.41, 5.74) is 2.90. The molecular weight excluding hydrogens is 431 g/mol. The lowest BCUT2D eigenvalue weighted by Crippen LogP contribution is -2.44. The third-order valence-electron chi connectivity index (χ3n) is 4.56. The predicted molar refractivity (Wildman–Crippen MR) is 119 cm³/mol. The van der Waals surface area contributed by atoms with E-state index in [0.29, 0.717) is 37.9 Å². The van der Waals surface area contributed by atoms with Gasteiger partial charge in [-0.2, -0.15) is 0 Å². The number of para-hydroxylation sites is 1. The van der Waals surface area contributed by atoms with Gasteiger partial charge >= 0.3 is 0 Å². The standard InChI is InChI=1S/C21H20Cl2N2O3S/c1-11-18(12(2)26)19(25-21(29)24-11)14-5-4-6-17(27-3)20(14)28-10-13-7-8-15(22)16(23)9-13/h4-9,19H,10H2,1-3H3,(H2,24,25,29). The zero-order chi connectivity index (χ0) is 21.1. The van der Waals surface area contributed by atoms with E-state index in [1.54, 1.807) is 25.3 Å². The van der Waals surface area contributed by atoms with Crippen molar-refractivity contribution in [3.05, 3.63) is 68.8 Å².